The molecule has 0 spiro atoms. The summed E-state index contributed by atoms with van der Waals surface area (Å²) in [5, 5.41) is 3.57. The van der Waals surface area contributed by atoms with Crippen molar-refractivity contribution in [1.29, 1.82) is 0 Å². The molecule has 1 atom stereocenters. The van der Waals surface area contributed by atoms with Gasteiger partial charge in [0.1, 0.15) is 0 Å². The fraction of sp³-hybridized carbons (Fsp3) is 0.647. The van der Waals surface area contributed by atoms with Gasteiger partial charge in [0.2, 0.25) is 0 Å². The molecule has 1 saturated carbocycles. The van der Waals surface area contributed by atoms with Crippen LogP contribution in [-0.2, 0) is 6.54 Å². The van der Waals surface area contributed by atoms with Crippen LogP contribution in [0.5, 0.6) is 0 Å². The van der Waals surface area contributed by atoms with Gasteiger partial charge in [-0.2, -0.15) is 0 Å². The van der Waals surface area contributed by atoms with E-state index in [4.69, 9.17) is 0 Å². The molecule has 0 aromatic heterocycles. The fourth-order valence-corrected chi connectivity index (χ4v) is 3.00. The van der Waals surface area contributed by atoms with Gasteiger partial charge in [-0.15, -0.1) is 0 Å². The third-order valence-electron chi connectivity index (χ3n) is 4.72. The van der Waals surface area contributed by atoms with E-state index < -0.39 is 0 Å². The van der Waals surface area contributed by atoms with E-state index in [1.807, 2.05) is 0 Å². The molecule has 1 aromatic carbocycles. The maximum atomic E-state index is 3.57. The Morgan fingerprint density at radius 3 is 2.55 bits per heavy atom. The SMILES string of the molecule is CCC1CN(c2ccc(CNC3CC3)cc2)CCN1C. The Morgan fingerprint density at radius 1 is 1.15 bits per heavy atom. The molecule has 1 aliphatic heterocycles. The van der Waals surface area contributed by atoms with Crippen LogP contribution in [0.15, 0.2) is 24.3 Å². The Hall–Kier alpha value is -1.06. The van der Waals surface area contributed by atoms with Crippen molar-refractivity contribution < 1.29 is 0 Å². The molecule has 3 heteroatoms. The molecule has 1 N–H and O–H groups in total. The summed E-state index contributed by atoms with van der Waals surface area (Å²) in [5.74, 6) is 0. The Kier molecular flexibility index (Phi) is 4.27. The summed E-state index contributed by atoms with van der Waals surface area (Å²) in [7, 11) is 2.25. The zero-order chi connectivity index (χ0) is 13.9. The summed E-state index contributed by atoms with van der Waals surface area (Å²) in [6.07, 6.45) is 3.95. The minimum atomic E-state index is 0.694. The summed E-state index contributed by atoms with van der Waals surface area (Å²) >= 11 is 0. The lowest BCUT2D eigenvalue weighted by molar-refractivity contribution is 0.213. The minimum Gasteiger partial charge on any atom is -0.369 e. The molecule has 1 aliphatic carbocycles. The van der Waals surface area contributed by atoms with Gasteiger partial charge in [0, 0.05) is 44.0 Å². The molecule has 1 heterocycles. The van der Waals surface area contributed by atoms with Crippen LogP contribution in [0.3, 0.4) is 0 Å². The van der Waals surface area contributed by atoms with E-state index >= 15 is 0 Å². The molecule has 3 rings (SSSR count). The average Bonchev–Trinajstić information content (AvgIpc) is 3.30. The van der Waals surface area contributed by atoms with Crippen LogP contribution < -0.4 is 10.2 Å². The molecular formula is C17H27N3. The molecule has 2 fully saturated rings. The van der Waals surface area contributed by atoms with E-state index in [0.29, 0.717) is 6.04 Å². The molecule has 0 bridgehead atoms. The monoisotopic (exact) mass is 273 g/mol. The zero-order valence-corrected chi connectivity index (χ0v) is 12.8. The summed E-state index contributed by atoms with van der Waals surface area (Å²) in [6.45, 7) is 6.78. The molecule has 1 saturated heterocycles. The summed E-state index contributed by atoms with van der Waals surface area (Å²) in [6, 6.07) is 10.6. The van der Waals surface area contributed by atoms with Crippen LogP contribution in [0.1, 0.15) is 31.7 Å². The Bertz CT molecular complexity index is 424. The van der Waals surface area contributed by atoms with E-state index in [1.54, 1.807) is 0 Å². The van der Waals surface area contributed by atoms with Crippen LogP contribution in [0.2, 0.25) is 0 Å². The Labute approximate surface area is 123 Å². The van der Waals surface area contributed by atoms with Crippen molar-refractivity contribution in [2.45, 2.75) is 44.8 Å². The van der Waals surface area contributed by atoms with E-state index in [1.165, 1.54) is 37.1 Å². The second-order valence-electron chi connectivity index (χ2n) is 6.31. The highest BCUT2D eigenvalue weighted by Gasteiger charge is 2.23. The first-order valence-corrected chi connectivity index (χ1v) is 8.03. The van der Waals surface area contributed by atoms with Gasteiger partial charge in [0.05, 0.1) is 0 Å². The van der Waals surface area contributed by atoms with Crippen LogP contribution >= 0.6 is 0 Å². The Morgan fingerprint density at radius 2 is 1.90 bits per heavy atom. The van der Waals surface area contributed by atoms with E-state index in [2.05, 4.69) is 53.4 Å². The van der Waals surface area contributed by atoms with Gasteiger partial charge in [-0.3, -0.25) is 4.90 Å². The number of anilines is 1. The van der Waals surface area contributed by atoms with Gasteiger partial charge in [0.25, 0.3) is 0 Å². The van der Waals surface area contributed by atoms with Crippen molar-refractivity contribution in [2.24, 2.45) is 0 Å². The fourth-order valence-electron chi connectivity index (χ4n) is 3.00. The molecule has 1 aromatic rings. The summed E-state index contributed by atoms with van der Waals surface area (Å²) in [4.78, 5) is 5.02. The molecule has 0 radical (unpaired) electrons. The second-order valence-corrected chi connectivity index (χ2v) is 6.31. The van der Waals surface area contributed by atoms with E-state index in [-0.39, 0.29) is 0 Å². The quantitative estimate of drug-likeness (QED) is 0.889. The topological polar surface area (TPSA) is 18.5 Å². The molecule has 3 nitrogen and oxygen atoms in total. The molecule has 2 aliphatic rings. The normalized spacial score (nSPS) is 24.1. The van der Waals surface area contributed by atoms with Crippen molar-refractivity contribution in [3.05, 3.63) is 29.8 Å². The Balaban J connectivity index is 1.58. The number of piperazine rings is 1. The largest absolute Gasteiger partial charge is 0.369 e. The van der Waals surface area contributed by atoms with Gasteiger partial charge >= 0.3 is 0 Å². The molecule has 110 valence electrons. The lowest BCUT2D eigenvalue weighted by Crippen LogP contribution is -2.51. The van der Waals surface area contributed by atoms with E-state index in [9.17, 15) is 0 Å². The van der Waals surface area contributed by atoms with Crippen molar-refractivity contribution >= 4 is 5.69 Å². The summed E-state index contributed by atoms with van der Waals surface area (Å²) in [5.41, 5.74) is 2.79. The molecular weight excluding hydrogens is 246 g/mol. The van der Waals surface area contributed by atoms with Crippen molar-refractivity contribution in [1.82, 2.24) is 10.2 Å². The highest BCUT2D eigenvalue weighted by molar-refractivity contribution is 5.48. The third kappa shape index (κ3) is 3.33. The van der Waals surface area contributed by atoms with Gasteiger partial charge in [-0.1, -0.05) is 19.1 Å². The maximum absolute atomic E-state index is 3.57. The van der Waals surface area contributed by atoms with Crippen LogP contribution in [0, 0.1) is 0 Å². The predicted octanol–water partition coefficient (Wildman–Crippen LogP) is 2.47. The second kappa shape index (κ2) is 6.15. The lowest BCUT2D eigenvalue weighted by Gasteiger charge is -2.40. The standard InChI is InChI=1S/C17H27N3/c1-3-16-13-20(11-10-19(16)2)17-8-4-14(5-9-17)12-18-15-6-7-15/h4-5,8-9,15-16,18H,3,6-7,10-13H2,1-2H3. The number of benzene rings is 1. The smallest absolute Gasteiger partial charge is 0.0367 e. The highest BCUT2D eigenvalue weighted by Crippen LogP contribution is 2.22. The van der Waals surface area contributed by atoms with Crippen molar-refractivity contribution in [3.8, 4) is 0 Å². The third-order valence-corrected chi connectivity index (χ3v) is 4.72. The number of hydrogen-bond acceptors (Lipinski definition) is 3. The van der Waals surface area contributed by atoms with Crippen molar-refractivity contribution in [2.75, 3.05) is 31.6 Å². The lowest BCUT2D eigenvalue weighted by atomic mass is 10.1. The van der Waals surface area contributed by atoms with Crippen LogP contribution in [-0.4, -0.2) is 43.7 Å². The molecule has 1 unspecified atom stereocenters. The van der Waals surface area contributed by atoms with Crippen LogP contribution in [0.4, 0.5) is 5.69 Å². The van der Waals surface area contributed by atoms with Gasteiger partial charge in [-0.25, -0.2) is 0 Å². The van der Waals surface area contributed by atoms with Crippen LogP contribution in [0.25, 0.3) is 0 Å². The zero-order valence-electron chi connectivity index (χ0n) is 12.8. The molecule has 20 heavy (non-hydrogen) atoms. The maximum Gasteiger partial charge on any atom is 0.0367 e. The predicted molar refractivity (Wildman–Crippen MR) is 85.2 cm³/mol. The number of likely N-dealkylation sites (N-methyl/N-ethyl adjacent to an activating group) is 1. The van der Waals surface area contributed by atoms with Gasteiger partial charge in [-0.05, 0) is 44.0 Å². The van der Waals surface area contributed by atoms with Gasteiger partial charge in [0.15, 0.2) is 0 Å². The van der Waals surface area contributed by atoms with E-state index in [0.717, 1.165) is 25.7 Å². The average molecular weight is 273 g/mol. The first kappa shape index (κ1) is 13.9. The minimum absolute atomic E-state index is 0.694. The number of nitrogens with zero attached hydrogens (tertiary/aromatic N) is 2. The first-order chi connectivity index (χ1) is 9.76. The van der Waals surface area contributed by atoms with Gasteiger partial charge < -0.3 is 10.2 Å². The van der Waals surface area contributed by atoms with Crippen molar-refractivity contribution in [3.63, 3.8) is 0 Å². The number of rotatable bonds is 5. The molecule has 0 amide bonds. The highest BCUT2D eigenvalue weighted by atomic mass is 15.3. The first-order valence-electron chi connectivity index (χ1n) is 8.03. The number of hydrogen-bond donors (Lipinski definition) is 1. The summed E-state index contributed by atoms with van der Waals surface area (Å²) < 4.78 is 0. The number of nitrogens with one attached hydrogen (secondary N) is 1.